The van der Waals surface area contributed by atoms with Crippen molar-refractivity contribution < 1.29 is 4.79 Å². The first kappa shape index (κ1) is 16.5. The molecule has 0 fully saturated rings. The fourth-order valence-electron chi connectivity index (χ4n) is 2.81. The Bertz CT molecular complexity index is 614. The normalized spacial score (nSPS) is 11.1. The van der Waals surface area contributed by atoms with Crippen molar-refractivity contribution in [3.05, 3.63) is 48.0 Å². The van der Waals surface area contributed by atoms with Gasteiger partial charge in [-0.2, -0.15) is 0 Å². The summed E-state index contributed by atoms with van der Waals surface area (Å²) in [6.07, 6.45) is 0.962. The maximum Gasteiger partial charge on any atom is 0.236 e. The second kappa shape index (κ2) is 7.95. The van der Waals surface area contributed by atoms with Crippen molar-refractivity contribution in [3.63, 3.8) is 0 Å². The zero-order chi connectivity index (χ0) is 15.9. The molecule has 0 aliphatic heterocycles. The molecule has 0 N–H and O–H groups in total. The van der Waals surface area contributed by atoms with Crippen LogP contribution in [0.1, 0.15) is 19.4 Å². The van der Waals surface area contributed by atoms with Crippen LogP contribution >= 0.6 is 0 Å². The van der Waals surface area contributed by atoms with Crippen LogP contribution in [0.3, 0.4) is 0 Å². The van der Waals surface area contributed by atoms with Crippen LogP contribution in [0.25, 0.3) is 10.8 Å². The third-order valence-electron chi connectivity index (χ3n) is 4.16. The highest BCUT2D eigenvalue weighted by Gasteiger charge is 2.12. The molecule has 22 heavy (non-hydrogen) atoms. The van der Waals surface area contributed by atoms with Crippen molar-refractivity contribution in [3.8, 4) is 0 Å². The van der Waals surface area contributed by atoms with Gasteiger partial charge >= 0.3 is 0 Å². The van der Waals surface area contributed by atoms with Crippen LogP contribution < -0.4 is 0 Å². The minimum absolute atomic E-state index is 0.213. The Morgan fingerprint density at radius 1 is 1.00 bits per heavy atom. The highest BCUT2D eigenvalue weighted by atomic mass is 16.2. The Morgan fingerprint density at radius 3 is 2.41 bits per heavy atom. The Labute approximate surface area is 133 Å². The van der Waals surface area contributed by atoms with Gasteiger partial charge in [0.25, 0.3) is 0 Å². The van der Waals surface area contributed by atoms with E-state index in [2.05, 4.69) is 47.4 Å². The molecule has 0 aliphatic carbocycles. The molecule has 118 valence electrons. The fourth-order valence-corrected chi connectivity index (χ4v) is 2.81. The molecular weight excluding hydrogens is 272 g/mol. The number of fused-ring (bicyclic) bond motifs is 1. The maximum absolute atomic E-state index is 12.1. The number of likely N-dealkylation sites (N-methyl/N-ethyl adjacent to an activating group) is 2. The van der Waals surface area contributed by atoms with Gasteiger partial charge in [-0.3, -0.25) is 9.69 Å². The molecule has 0 bridgehead atoms. The van der Waals surface area contributed by atoms with Gasteiger partial charge in [-0.1, -0.05) is 42.5 Å². The van der Waals surface area contributed by atoms with E-state index in [-0.39, 0.29) is 5.91 Å². The number of carbonyl (C=O) groups is 1. The lowest BCUT2D eigenvalue weighted by atomic mass is 10.0. The van der Waals surface area contributed by atoms with E-state index in [4.69, 9.17) is 0 Å². The van der Waals surface area contributed by atoms with Crippen LogP contribution in [0.2, 0.25) is 0 Å². The van der Waals surface area contributed by atoms with E-state index in [0.717, 1.165) is 26.1 Å². The smallest absolute Gasteiger partial charge is 0.236 e. The SMILES string of the molecule is CCN(CC)C(=O)CN(C)CCc1cccc2ccccc12. The lowest BCUT2D eigenvalue weighted by Gasteiger charge is -2.23. The second-order valence-electron chi connectivity index (χ2n) is 5.69. The lowest BCUT2D eigenvalue weighted by molar-refractivity contribution is -0.131. The largest absolute Gasteiger partial charge is 0.342 e. The molecule has 0 atom stereocenters. The Morgan fingerprint density at radius 2 is 1.68 bits per heavy atom. The van der Waals surface area contributed by atoms with Crippen molar-refractivity contribution in [2.24, 2.45) is 0 Å². The Kier molecular flexibility index (Phi) is 5.96. The van der Waals surface area contributed by atoms with Crippen LogP contribution in [0.5, 0.6) is 0 Å². The highest BCUT2D eigenvalue weighted by Crippen LogP contribution is 2.18. The molecule has 0 spiro atoms. The molecule has 0 unspecified atom stereocenters. The molecule has 0 aromatic heterocycles. The lowest BCUT2D eigenvalue weighted by Crippen LogP contribution is -2.39. The minimum Gasteiger partial charge on any atom is -0.342 e. The van der Waals surface area contributed by atoms with Crippen molar-refractivity contribution in [1.82, 2.24) is 9.80 Å². The quantitative estimate of drug-likeness (QED) is 0.784. The number of amides is 1. The van der Waals surface area contributed by atoms with E-state index >= 15 is 0 Å². The van der Waals surface area contributed by atoms with E-state index in [1.54, 1.807) is 0 Å². The Balaban J connectivity index is 1.95. The summed E-state index contributed by atoms with van der Waals surface area (Å²) in [5, 5.41) is 2.59. The van der Waals surface area contributed by atoms with Crippen LogP contribution in [-0.4, -0.2) is 48.9 Å². The summed E-state index contributed by atoms with van der Waals surface area (Å²) in [5.41, 5.74) is 1.35. The molecule has 2 rings (SSSR count). The van der Waals surface area contributed by atoms with Crippen LogP contribution in [-0.2, 0) is 11.2 Å². The van der Waals surface area contributed by atoms with E-state index < -0.39 is 0 Å². The summed E-state index contributed by atoms with van der Waals surface area (Å²) in [7, 11) is 2.02. The third kappa shape index (κ3) is 4.08. The van der Waals surface area contributed by atoms with Crippen LogP contribution in [0.15, 0.2) is 42.5 Å². The average Bonchev–Trinajstić information content (AvgIpc) is 2.54. The summed E-state index contributed by atoms with van der Waals surface area (Å²) in [6, 6.07) is 14.9. The minimum atomic E-state index is 0.213. The summed E-state index contributed by atoms with van der Waals surface area (Å²) < 4.78 is 0. The van der Waals surface area contributed by atoms with Gasteiger partial charge < -0.3 is 4.90 Å². The molecule has 0 saturated heterocycles. The van der Waals surface area contributed by atoms with Gasteiger partial charge in [0.15, 0.2) is 0 Å². The summed E-state index contributed by atoms with van der Waals surface area (Å²) in [4.78, 5) is 16.1. The number of hydrogen-bond acceptors (Lipinski definition) is 2. The number of benzene rings is 2. The summed E-state index contributed by atoms with van der Waals surface area (Å²) in [5.74, 6) is 0.213. The summed E-state index contributed by atoms with van der Waals surface area (Å²) >= 11 is 0. The van der Waals surface area contributed by atoms with Gasteiger partial charge in [0.2, 0.25) is 5.91 Å². The van der Waals surface area contributed by atoms with E-state index in [1.807, 2.05) is 25.8 Å². The van der Waals surface area contributed by atoms with Gasteiger partial charge in [0.05, 0.1) is 6.54 Å². The average molecular weight is 298 g/mol. The number of hydrogen-bond donors (Lipinski definition) is 0. The third-order valence-corrected chi connectivity index (χ3v) is 4.16. The van der Waals surface area contributed by atoms with Crippen LogP contribution in [0.4, 0.5) is 0 Å². The standard InChI is InChI=1S/C19H26N2O/c1-4-21(5-2)19(22)15-20(3)14-13-17-11-8-10-16-9-6-7-12-18(16)17/h6-12H,4-5,13-15H2,1-3H3. The van der Waals surface area contributed by atoms with Crippen LogP contribution in [0, 0.1) is 0 Å². The molecule has 3 heteroatoms. The van der Waals surface area contributed by atoms with Crippen molar-refractivity contribution >= 4 is 16.7 Å². The maximum atomic E-state index is 12.1. The number of carbonyl (C=O) groups excluding carboxylic acids is 1. The first-order valence-electron chi connectivity index (χ1n) is 8.08. The predicted octanol–water partition coefficient (Wildman–Crippen LogP) is 3.18. The zero-order valence-electron chi connectivity index (χ0n) is 13.9. The van der Waals surface area contributed by atoms with Gasteiger partial charge in [-0.05, 0) is 43.7 Å². The topological polar surface area (TPSA) is 23.6 Å². The molecule has 0 heterocycles. The molecule has 2 aromatic rings. The fraction of sp³-hybridized carbons (Fsp3) is 0.421. The molecule has 2 aromatic carbocycles. The van der Waals surface area contributed by atoms with Gasteiger partial charge in [-0.15, -0.1) is 0 Å². The van der Waals surface area contributed by atoms with E-state index in [1.165, 1.54) is 16.3 Å². The molecule has 1 amide bonds. The van der Waals surface area contributed by atoms with E-state index in [0.29, 0.717) is 6.54 Å². The zero-order valence-corrected chi connectivity index (χ0v) is 13.9. The first-order chi connectivity index (χ1) is 10.7. The second-order valence-corrected chi connectivity index (χ2v) is 5.69. The molecular formula is C19H26N2O. The Hall–Kier alpha value is -1.87. The first-order valence-corrected chi connectivity index (χ1v) is 8.08. The highest BCUT2D eigenvalue weighted by molar-refractivity contribution is 5.85. The molecule has 0 radical (unpaired) electrons. The molecule has 3 nitrogen and oxygen atoms in total. The predicted molar refractivity (Wildman–Crippen MR) is 93.1 cm³/mol. The summed E-state index contributed by atoms with van der Waals surface area (Å²) in [6.45, 7) is 7.00. The number of nitrogens with zero attached hydrogens (tertiary/aromatic N) is 2. The van der Waals surface area contributed by atoms with Crippen molar-refractivity contribution in [2.45, 2.75) is 20.3 Å². The molecule has 0 saturated carbocycles. The van der Waals surface area contributed by atoms with E-state index in [9.17, 15) is 4.79 Å². The van der Waals surface area contributed by atoms with Crippen molar-refractivity contribution in [1.29, 1.82) is 0 Å². The van der Waals surface area contributed by atoms with Gasteiger partial charge in [0.1, 0.15) is 0 Å². The number of rotatable bonds is 7. The molecule has 0 aliphatic rings. The van der Waals surface area contributed by atoms with Gasteiger partial charge in [-0.25, -0.2) is 0 Å². The van der Waals surface area contributed by atoms with Crippen molar-refractivity contribution in [2.75, 3.05) is 33.2 Å². The van der Waals surface area contributed by atoms with Gasteiger partial charge in [0, 0.05) is 19.6 Å². The monoisotopic (exact) mass is 298 g/mol.